The van der Waals surface area contributed by atoms with Crippen LogP contribution in [0.4, 0.5) is 0 Å². The largest absolute Gasteiger partial charge is 0.307 e. The summed E-state index contributed by atoms with van der Waals surface area (Å²) in [4.78, 5) is 13.1. The third-order valence-electron chi connectivity index (χ3n) is 2.84. The maximum absolute atomic E-state index is 4.57. The van der Waals surface area contributed by atoms with Crippen molar-refractivity contribution in [1.82, 2.24) is 20.3 Å². The first-order valence-electron chi connectivity index (χ1n) is 5.31. The summed E-state index contributed by atoms with van der Waals surface area (Å²) >= 11 is 0. The number of fused-ring (bicyclic) bond motifs is 1. The van der Waals surface area contributed by atoms with Gasteiger partial charge >= 0.3 is 0 Å². The van der Waals surface area contributed by atoms with Crippen LogP contribution in [-0.4, -0.2) is 15.0 Å². The third kappa shape index (κ3) is 1.47. The predicted molar refractivity (Wildman–Crippen MR) is 60.5 cm³/mol. The Morgan fingerprint density at radius 2 is 2.19 bits per heavy atom. The Balaban J connectivity index is 2.11. The van der Waals surface area contributed by atoms with Gasteiger partial charge in [-0.05, 0) is 18.6 Å². The van der Waals surface area contributed by atoms with E-state index < -0.39 is 0 Å². The average molecular weight is 212 g/mol. The highest BCUT2D eigenvalue weighted by Crippen LogP contribution is 2.20. The van der Waals surface area contributed by atoms with Crippen LogP contribution >= 0.6 is 0 Å². The molecule has 4 heteroatoms. The third-order valence-corrected chi connectivity index (χ3v) is 2.84. The lowest BCUT2D eigenvalue weighted by molar-refractivity contribution is 0.758. The smallest absolute Gasteiger partial charge is 0.161 e. The van der Waals surface area contributed by atoms with E-state index in [2.05, 4.69) is 20.3 Å². The molecule has 1 N–H and O–H groups in total. The van der Waals surface area contributed by atoms with Gasteiger partial charge in [-0.2, -0.15) is 0 Å². The number of nitrogens with zero attached hydrogens (tertiary/aromatic N) is 3. The van der Waals surface area contributed by atoms with E-state index in [9.17, 15) is 0 Å². The van der Waals surface area contributed by atoms with Gasteiger partial charge in [-0.1, -0.05) is 0 Å². The molecule has 3 rings (SSSR count). The number of pyridine rings is 1. The zero-order valence-corrected chi connectivity index (χ0v) is 9.07. The molecule has 3 heterocycles. The number of aryl methyl sites for hydroxylation is 1. The van der Waals surface area contributed by atoms with E-state index in [0.717, 1.165) is 35.7 Å². The van der Waals surface area contributed by atoms with Gasteiger partial charge in [0.15, 0.2) is 5.82 Å². The van der Waals surface area contributed by atoms with E-state index in [1.165, 1.54) is 5.56 Å². The molecule has 0 unspecified atom stereocenters. The van der Waals surface area contributed by atoms with Crippen LogP contribution in [0, 0.1) is 6.92 Å². The molecule has 2 aromatic heterocycles. The van der Waals surface area contributed by atoms with Crippen LogP contribution in [0.3, 0.4) is 0 Å². The van der Waals surface area contributed by atoms with Crippen LogP contribution in [0.5, 0.6) is 0 Å². The Morgan fingerprint density at radius 1 is 1.25 bits per heavy atom. The highest BCUT2D eigenvalue weighted by atomic mass is 15.0. The van der Waals surface area contributed by atoms with Gasteiger partial charge < -0.3 is 5.32 Å². The maximum atomic E-state index is 4.57. The van der Waals surface area contributed by atoms with Crippen molar-refractivity contribution in [2.24, 2.45) is 0 Å². The van der Waals surface area contributed by atoms with Gasteiger partial charge in [0.1, 0.15) is 0 Å². The van der Waals surface area contributed by atoms with E-state index in [1.807, 2.05) is 25.4 Å². The van der Waals surface area contributed by atoms with Gasteiger partial charge in [-0.3, -0.25) is 4.98 Å². The summed E-state index contributed by atoms with van der Waals surface area (Å²) in [5, 5.41) is 3.26. The average Bonchev–Trinajstić information content (AvgIpc) is 2.76. The Hall–Kier alpha value is -1.81. The lowest BCUT2D eigenvalue weighted by atomic mass is 10.1. The minimum atomic E-state index is 0.771. The van der Waals surface area contributed by atoms with Crippen LogP contribution in [0.25, 0.3) is 11.4 Å². The van der Waals surface area contributed by atoms with Crippen molar-refractivity contribution in [3.8, 4) is 11.4 Å². The summed E-state index contributed by atoms with van der Waals surface area (Å²) in [6, 6.07) is 1.98. The standard InChI is InChI=1S/C12H12N4/c1-8-2-3-13-6-10(8)12-15-5-9-4-14-7-11(9)16-12/h2-3,5-6,14H,4,7H2,1H3. The number of hydrogen-bond donors (Lipinski definition) is 1. The van der Waals surface area contributed by atoms with Gasteiger partial charge in [0.2, 0.25) is 0 Å². The fraction of sp³-hybridized carbons (Fsp3) is 0.250. The molecule has 1 aliphatic rings. The van der Waals surface area contributed by atoms with Crippen LogP contribution in [0.2, 0.25) is 0 Å². The molecule has 0 saturated carbocycles. The highest BCUT2D eigenvalue weighted by Gasteiger charge is 2.14. The van der Waals surface area contributed by atoms with Gasteiger partial charge in [0, 0.05) is 42.8 Å². The van der Waals surface area contributed by atoms with E-state index in [4.69, 9.17) is 0 Å². The van der Waals surface area contributed by atoms with Crippen molar-refractivity contribution in [2.75, 3.05) is 0 Å². The number of rotatable bonds is 1. The maximum Gasteiger partial charge on any atom is 0.161 e. The summed E-state index contributed by atoms with van der Waals surface area (Å²) in [6.45, 7) is 3.76. The van der Waals surface area contributed by atoms with Crippen molar-refractivity contribution >= 4 is 0 Å². The molecule has 16 heavy (non-hydrogen) atoms. The predicted octanol–water partition coefficient (Wildman–Crippen LogP) is 1.45. The molecule has 2 aromatic rings. The number of nitrogens with one attached hydrogen (secondary N) is 1. The molecule has 0 aromatic carbocycles. The van der Waals surface area contributed by atoms with Crippen LogP contribution in [0.15, 0.2) is 24.7 Å². The minimum absolute atomic E-state index is 0.771. The van der Waals surface area contributed by atoms with Gasteiger partial charge in [-0.25, -0.2) is 9.97 Å². The molecule has 80 valence electrons. The lowest BCUT2D eigenvalue weighted by Gasteiger charge is -2.04. The molecule has 0 amide bonds. The van der Waals surface area contributed by atoms with E-state index in [1.54, 1.807) is 6.20 Å². The second-order valence-corrected chi connectivity index (χ2v) is 3.96. The lowest BCUT2D eigenvalue weighted by Crippen LogP contribution is -2.00. The summed E-state index contributed by atoms with van der Waals surface area (Å²) in [5.74, 6) is 0.771. The van der Waals surface area contributed by atoms with Crippen molar-refractivity contribution < 1.29 is 0 Å². The van der Waals surface area contributed by atoms with Crippen LogP contribution in [-0.2, 0) is 13.1 Å². The highest BCUT2D eigenvalue weighted by molar-refractivity contribution is 5.58. The molecule has 0 bridgehead atoms. The van der Waals surface area contributed by atoms with E-state index in [0.29, 0.717) is 0 Å². The quantitative estimate of drug-likeness (QED) is 0.777. The summed E-state index contributed by atoms with van der Waals surface area (Å²) in [6.07, 6.45) is 5.51. The second-order valence-electron chi connectivity index (χ2n) is 3.96. The summed E-state index contributed by atoms with van der Waals surface area (Å²) in [7, 11) is 0. The van der Waals surface area contributed by atoms with Crippen molar-refractivity contribution in [3.05, 3.63) is 41.5 Å². The molecule has 0 aliphatic carbocycles. The monoisotopic (exact) mass is 212 g/mol. The minimum Gasteiger partial charge on any atom is -0.307 e. The Kier molecular flexibility index (Phi) is 2.15. The van der Waals surface area contributed by atoms with Gasteiger partial charge in [0.05, 0.1) is 5.69 Å². The molecule has 0 spiro atoms. The molecular weight excluding hydrogens is 200 g/mol. The van der Waals surface area contributed by atoms with E-state index >= 15 is 0 Å². The molecule has 0 saturated heterocycles. The molecule has 0 radical (unpaired) electrons. The summed E-state index contributed by atoms with van der Waals surface area (Å²) < 4.78 is 0. The first kappa shape index (κ1) is 9.42. The second kappa shape index (κ2) is 3.64. The first-order chi connectivity index (χ1) is 7.84. The van der Waals surface area contributed by atoms with E-state index in [-0.39, 0.29) is 0 Å². The Labute approximate surface area is 93.8 Å². The molecule has 4 nitrogen and oxygen atoms in total. The van der Waals surface area contributed by atoms with Crippen molar-refractivity contribution in [2.45, 2.75) is 20.0 Å². The fourth-order valence-corrected chi connectivity index (χ4v) is 1.89. The van der Waals surface area contributed by atoms with Gasteiger partial charge in [-0.15, -0.1) is 0 Å². The molecular formula is C12H12N4. The van der Waals surface area contributed by atoms with Crippen LogP contribution < -0.4 is 5.32 Å². The normalized spacial score (nSPS) is 13.8. The number of hydrogen-bond acceptors (Lipinski definition) is 4. The van der Waals surface area contributed by atoms with Crippen molar-refractivity contribution in [3.63, 3.8) is 0 Å². The summed E-state index contributed by atoms with van der Waals surface area (Å²) in [5.41, 5.74) is 4.47. The fourth-order valence-electron chi connectivity index (χ4n) is 1.89. The molecule has 1 aliphatic heterocycles. The number of aromatic nitrogens is 3. The Morgan fingerprint density at radius 3 is 3.06 bits per heavy atom. The molecule has 0 atom stereocenters. The molecule has 0 fully saturated rings. The van der Waals surface area contributed by atoms with Gasteiger partial charge in [0.25, 0.3) is 0 Å². The zero-order chi connectivity index (χ0) is 11.0. The van der Waals surface area contributed by atoms with Crippen LogP contribution in [0.1, 0.15) is 16.8 Å². The Bertz CT molecular complexity index is 536. The SMILES string of the molecule is Cc1ccncc1-c1ncc2c(n1)CNC2. The van der Waals surface area contributed by atoms with Crippen molar-refractivity contribution in [1.29, 1.82) is 0 Å². The topological polar surface area (TPSA) is 50.7 Å². The zero-order valence-electron chi connectivity index (χ0n) is 9.07. The first-order valence-corrected chi connectivity index (χ1v) is 5.31.